The molecule has 0 bridgehead atoms. The van der Waals surface area contributed by atoms with Gasteiger partial charge in [0, 0.05) is 0 Å². The molecule has 3 aromatic rings. The van der Waals surface area contributed by atoms with Crippen LogP contribution in [0.3, 0.4) is 0 Å². The molecule has 1 saturated heterocycles. The fraction of sp³-hybridized carbons (Fsp3) is 0.286. The molecule has 1 fully saturated rings. The summed E-state index contributed by atoms with van der Waals surface area (Å²) in [5.41, 5.74) is -0.287. The first-order chi connectivity index (χ1) is 16.0. The van der Waals surface area contributed by atoms with Crippen LogP contribution in [0, 0.1) is 0 Å². The highest BCUT2D eigenvalue weighted by molar-refractivity contribution is 7.46. The Bertz CT molecular complexity index is 1300. The number of ether oxygens (including phenoxy) is 1. The SMILES string of the molecule is O=c1c(-c2ccc(O)cc2)coc2c([C@@H]3O[C@H](COP(=O)(O)O)[C@@H](O)[C@H](O)[C@H]3O)c(O)ccc12. The Balaban J connectivity index is 1.79. The van der Waals surface area contributed by atoms with E-state index in [1.807, 2.05) is 0 Å². The molecule has 5 atom stereocenters. The molecule has 34 heavy (non-hydrogen) atoms. The standard InChI is InChI=1S/C21H21O12P/c22-10-3-1-9(2-4-10)12-7-31-20-11(16(12)24)5-6-13(23)15(20)21-19(27)18(26)17(25)14(33-21)8-32-34(28,29)30/h1-7,14,17-19,21-23,25-27H,8H2,(H2,28,29,30)/t14-,17-,18+,19-,21+/m1/s1. The van der Waals surface area contributed by atoms with Gasteiger partial charge in [0.05, 0.1) is 23.1 Å². The second-order valence-corrected chi connectivity index (χ2v) is 8.99. The monoisotopic (exact) mass is 496 g/mol. The van der Waals surface area contributed by atoms with Gasteiger partial charge in [-0.3, -0.25) is 9.32 Å². The molecule has 0 radical (unpaired) electrons. The van der Waals surface area contributed by atoms with E-state index in [1.165, 1.54) is 30.3 Å². The number of fused-ring (bicyclic) bond motifs is 1. The van der Waals surface area contributed by atoms with Crippen LogP contribution in [-0.2, 0) is 13.8 Å². The predicted molar refractivity (Wildman–Crippen MR) is 115 cm³/mol. The smallest absolute Gasteiger partial charge is 0.469 e. The summed E-state index contributed by atoms with van der Waals surface area (Å²) in [5, 5.41) is 50.9. The molecule has 1 aromatic heterocycles. The van der Waals surface area contributed by atoms with Gasteiger partial charge in [-0.2, -0.15) is 0 Å². The summed E-state index contributed by atoms with van der Waals surface area (Å²) in [6.45, 7) is -0.841. The van der Waals surface area contributed by atoms with Crippen molar-refractivity contribution in [1.29, 1.82) is 0 Å². The third-order valence-electron chi connectivity index (χ3n) is 5.54. The van der Waals surface area contributed by atoms with Gasteiger partial charge >= 0.3 is 7.82 Å². The molecule has 2 aromatic carbocycles. The summed E-state index contributed by atoms with van der Waals surface area (Å²) in [4.78, 5) is 31.0. The van der Waals surface area contributed by atoms with Crippen molar-refractivity contribution in [2.75, 3.05) is 6.61 Å². The fourth-order valence-electron chi connectivity index (χ4n) is 3.82. The molecule has 4 rings (SSSR count). The number of rotatable bonds is 5. The van der Waals surface area contributed by atoms with Crippen LogP contribution in [0.1, 0.15) is 11.7 Å². The molecule has 2 heterocycles. The number of hydrogen-bond donors (Lipinski definition) is 7. The highest BCUT2D eigenvalue weighted by atomic mass is 31.2. The largest absolute Gasteiger partial charge is 0.508 e. The Labute approximate surface area is 191 Å². The highest BCUT2D eigenvalue weighted by Gasteiger charge is 2.46. The van der Waals surface area contributed by atoms with Crippen LogP contribution in [0.25, 0.3) is 22.1 Å². The van der Waals surface area contributed by atoms with Crippen molar-refractivity contribution in [3.05, 3.63) is 58.4 Å². The highest BCUT2D eigenvalue weighted by Crippen LogP contribution is 2.42. The maximum atomic E-state index is 13.1. The van der Waals surface area contributed by atoms with E-state index in [1.54, 1.807) is 0 Å². The number of aliphatic hydroxyl groups excluding tert-OH is 3. The lowest BCUT2D eigenvalue weighted by Crippen LogP contribution is -2.55. The Morgan fingerprint density at radius 2 is 1.62 bits per heavy atom. The summed E-state index contributed by atoms with van der Waals surface area (Å²) < 4.78 is 26.5. The Kier molecular flexibility index (Phi) is 6.51. The van der Waals surface area contributed by atoms with Gasteiger partial charge in [-0.05, 0) is 29.8 Å². The Hall–Kier alpha value is -2.80. The summed E-state index contributed by atoms with van der Waals surface area (Å²) in [6.07, 6.45) is -7.37. The summed E-state index contributed by atoms with van der Waals surface area (Å²) in [6, 6.07) is 8.24. The van der Waals surface area contributed by atoms with Crippen LogP contribution in [-0.4, -0.2) is 66.3 Å². The van der Waals surface area contributed by atoms with Gasteiger partial charge in [-0.25, -0.2) is 4.57 Å². The molecular weight excluding hydrogens is 475 g/mol. The third kappa shape index (κ3) is 4.58. The number of hydrogen-bond acceptors (Lipinski definition) is 10. The van der Waals surface area contributed by atoms with Gasteiger partial charge in [0.1, 0.15) is 53.9 Å². The average molecular weight is 496 g/mol. The molecular formula is C21H21O12P. The minimum atomic E-state index is -4.94. The first-order valence-electron chi connectivity index (χ1n) is 9.94. The normalized spacial score (nSPS) is 25.5. The number of phenols is 2. The number of aliphatic hydroxyl groups is 3. The summed E-state index contributed by atoms with van der Waals surface area (Å²) >= 11 is 0. The molecule has 0 spiro atoms. The van der Waals surface area contributed by atoms with Crippen LogP contribution in [0.15, 0.2) is 51.9 Å². The quantitative estimate of drug-likeness (QED) is 0.241. The minimum Gasteiger partial charge on any atom is -0.508 e. The van der Waals surface area contributed by atoms with Crippen molar-refractivity contribution in [3.63, 3.8) is 0 Å². The van der Waals surface area contributed by atoms with Gasteiger partial charge < -0.3 is 44.5 Å². The zero-order valence-corrected chi connectivity index (χ0v) is 18.1. The van der Waals surface area contributed by atoms with Gasteiger partial charge in [-0.15, -0.1) is 0 Å². The lowest BCUT2D eigenvalue weighted by atomic mass is 9.89. The number of phosphoric ester groups is 1. The van der Waals surface area contributed by atoms with Crippen molar-refractivity contribution in [2.45, 2.75) is 30.5 Å². The van der Waals surface area contributed by atoms with E-state index < -0.39 is 56.1 Å². The van der Waals surface area contributed by atoms with Gasteiger partial charge in [0.2, 0.25) is 5.43 Å². The molecule has 1 aliphatic heterocycles. The van der Waals surface area contributed by atoms with Gasteiger partial charge in [0.25, 0.3) is 0 Å². The van der Waals surface area contributed by atoms with Gasteiger partial charge in [0.15, 0.2) is 0 Å². The molecule has 0 aliphatic carbocycles. The molecule has 1 aliphatic rings. The van der Waals surface area contributed by atoms with E-state index in [9.17, 15) is 34.9 Å². The van der Waals surface area contributed by atoms with Crippen LogP contribution in [0.5, 0.6) is 11.5 Å². The second kappa shape index (κ2) is 9.10. The van der Waals surface area contributed by atoms with Crippen molar-refractivity contribution >= 4 is 18.8 Å². The topological polar surface area (TPSA) is 207 Å². The van der Waals surface area contributed by atoms with E-state index in [2.05, 4.69) is 4.52 Å². The molecule has 0 unspecified atom stereocenters. The first-order valence-corrected chi connectivity index (χ1v) is 11.5. The molecule has 182 valence electrons. The molecule has 13 heteroatoms. The minimum absolute atomic E-state index is 0.00203. The number of phenolic OH excluding ortho intramolecular Hbond substituents is 2. The molecule has 0 saturated carbocycles. The number of aromatic hydroxyl groups is 2. The molecule has 12 nitrogen and oxygen atoms in total. The lowest BCUT2D eigenvalue weighted by Gasteiger charge is -2.40. The van der Waals surface area contributed by atoms with E-state index in [0.717, 1.165) is 12.3 Å². The van der Waals surface area contributed by atoms with Crippen molar-refractivity contribution in [1.82, 2.24) is 0 Å². The zero-order chi connectivity index (χ0) is 24.8. The molecule has 0 amide bonds. The zero-order valence-electron chi connectivity index (χ0n) is 17.3. The average Bonchev–Trinajstić information content (AvgIpc) is 2.78. The summed E-state index contributed by atoms with van der Waals surface area (Å²) in [5.74, 6) is -0.460. The number of phosphoric acid groups is 1. The number of benzene rings is 2. The lowest BCUT2D eigenvalue weighted by molar-refractivity contribution is -0.230. The van der Waals surface area contributed by atoms with Crippen LogP contribution in [0.4, 0.5) is 0 Å². The fourth-order valence-corrected chi connectivity index (χ4v) is 4.17. The van der Waals surface area contributed by atoms with Crippen LogP contribution in [0.2, 0.25) is 0 Å². The Morgan fingerprint density at radius 3 is 2.26 bits per heavy atom. The van der Waals surface area contributed by atoms with E-state index >= 15 is 0 Å². The van der Waals surface area contributed by atoms with Gasteiger partial charge in [-0.1, -0.05) is 12.1 Å². The summed E-state index contributed by atoms with van der Waals surface area (Å²) in [7, 11) is -4.94. The predicted octanol–water partition coefficient (Wildman–Crippen LogP) is 0.503. The maximum absolute atomic E-state index is 13.1. The molecule has 7 N–H and O–H groups in total. The van der Waals surface area contributed by atoms with Crippen molar-refractivity contribution < 1.29 is 53.6 Å². The van der Waals surface area contributed by atoms with Crippen LogP contribution < -0.4 is 5.43 Å². The first kappa shape index (κ1) is 24.3. The Morgan fingerprint density at radius 1 is 0.941 bits per heavy atom. The maximum Gasteiger partial charge on any atom is 0.469 e. The third-order valence-corrected chi connectivity index (χ3v) is 6.02. The van der Waals surface area contributed by atoms with E-state index in [-0.39, 0.29) is 27.8 Å². The van der Waals surface area contributed by atoms with E-state index in [0.29, 0.717) is 5.56 Å². The second-order valence-electron chi connectivity index (χ2n) is 7.75. The van der Waals surface area contributed by atoms with Crippen molar-refractivity contribution in [2.24, 2.45) is 0 Å². The van der Waals surface area contributed by atoms with Crippen LogP contribution >= 0.6 is 7.82 Å². The van der Waals surface area contributed by atoms with E-state index in [4.69, 9.17) is 18.9 Å². The van der Waals surface area contributed by atoms with Crippen molar-refractivity contribution in [3.8, 4) is 22.6 Å².